The number of likely N-dealkylation sites (tertiary alicyclic amines) is 1. The normalized spacial score (nSPS) is 22.4. The molecule has 1 atom stereocenters. The fraction of sp³-hybridized carbons (Fsp3) is 0.579. The number of hydrogen-bond donors (Lipinski definition) is 1. The summed E-state index contributed by atoms with van der Waals surface area (Å²) in [4.78, 5) is 27.2. The predicted octanol–water partition coefficient (Wildman–Crippen LogP) is 2.68. The summed E-state index contributed by atoms with van der Waals surface area (Å²) in [6, 6.07) is 5.75. The molecule has 136 valence electrons. The number of halogens is 1. The van der Waals surface area contributed by atoms with E-state index in [0.717, 1.165) is 12.8 Å². The van der Waals surface area contributed by atoms with Crippen LogP contribution in [0.2, 0.25) is 0 Å². The number of anilines is 1. The van der Waals surface area contributed by atoms with Crippen molar-refractivity contribution in [1.82, 2.24) is 4.90 Å². The standard InChI is InChI=1S/C19H25FN2O3/c1-13(2)18(24)22-11-16(19(12-22)7-9-25-10-8-19)17(23)21-15-5-3-14(20)4-6-15/h3-6,13,16H,7-12H2,1-2H3,(H,21,23). The topological polar surface area (TPSA) is 58.6 Å². The lowest BCUT2D eigenvalue weighted by Crippen LogP contribution is -2.42. The number of rotatable bonds is 3. The van der Waals surface area contributed by atoms with Crippen molar-refractivity contribution in [1.29, 1.82) is 0 Å². The highest BCUT2D eigenvalue weighted by Crippen LogP contribution is 2.45. The molecule has 2 aliphatic heterocycles. The van der Waals surface area contributed by atoms with Crippen molar-refractivity contribution in [3.05, 3.63) is 30.1 Å². The average Bonchev–Trinajstić information content (AvgIpc) is 2.95. The van der Waals surface area contributed by atoms with Crippen LogP contribution in [0.1, 0.15) is 26.7 Å². The number of nitrogens with one attached hydrogen (secondary N) is 1. The maximum atomic E-state index is 13.1. The molecule has 1 aromatic rings. The van der Waals surface area contributed by atoms with Gasteiger partial charge in [0.1, 0.15) is 5.82 Å². The van der Waals surface area contributed by atoms with Crippen LogP contribution >= 0.6 is 0 Å². The SMILES string of the molecule is CC(C)C(=O)N1CC(C(=O)Nc2ccc(F)cc2)C2(CCOCC2)C1. The highest BCUT2D eigenvalue weighted by molar-refractivity contribution is 5.94. The third-order valence-corrected chi connectivity index (χ3v) is 5.37. The Morgan fingerprint density at radius 1 is 1.24 bits per heavy atom. The maximum absolute atomic E-state index is 13.1. The molecule has 1 unspecified atom stereocenters. The van der Waals surface area contributed by atoms with E-state index in [4.69, 9.17) is 4.74 Å². The first-order valence-electron chi connectivity index (χ1n) is 8.84. The molecule has 25 heavy (non-hydrogen) atoms. The van der Waals surface area contributed by atoms with Crippen molar-refractivity contribution in [3.63, 3.8) is 0 Å². The van der Waals surface area contributed by atoms with Gasteiger partial charge in [-0.15, -0.1) is 0 Å². The first kappa shape index (κ1) is 17.9. The van der Waals surface area contributed by atoms with Gasteiger partial charge in [-0.05, 0) is 37.1 Å². The number of ether oxygens (including phenoxy) is 1. The Morgan fingerprint density at radius 2 is 1.88 bits per heavy atom. The molecule has 1 aromatic carbocycles. The molecule has 1 N–H and O–H groups in total. The van der Waals surface area contributed by atoms with Gasteiger partial charge in [0.15, 0.2) is 0 Å². The van der Waals surface area contributed by atoms with Crippen molar-refractivity contribution in [2.75, 3.05) is 31.6 Å². The highest BCUT2D eigenvalue weighted by Gasteiger charge is 2.51. The molecule has 0 radical (unpaired) electrons. The number of benzene rings is 1. The number of carbonyl (C=O) groups excluding carboxylic acids is 2. The molecule has 2 heterocycles. The summed E-state index contributed by atoms with van der Waals surface area (Å²) in [5.74, 6) is -0.719. The van der Waals surface area contributed by atoms with Crippen molar-refractivity contribution >= 4 is 17.5 Å². The van der Waals surface area contributed by atoms with Crippen molar-refractivity contribution in [3.8, 4) is 0 Å². The second-order valence-corrected chi connectivity index (χ2v) is 7.40. The summed E-state index contributed by atoms with van der Waals surface area (Å²) in [6.45, 7) is 6.03. The third-order valence-electron chi connectivity index (χ3n) is 5.37. The average molecular weight is 348 g/mol. The molecule has 1 spiro atoms. The van der Waals surface area contributed by atoms with E-state index in [1.807, 2.05) is 18.7 Å². The Bertz CT molecular complexity index is 639. The van der Waals surface area contributed by atoms with E-state index in [2.05, 4.69) is 5.32 Å². The van der Waals surface area contributed by atoms with Crippen LogP contribution in [0.5, 0.6) is 0 Å². The Hall–Kier alpha value is -1.95. The summed E-state index contributed by atoms with van der Waals surface area (Å²) in [6.07, 6.45) is 1.55. The summed E-state index contributed by atoms with van der Waals surface area (Å²) in [5, 5.41) is 2.89. The number of hydrogen-bond acceptors (Lipinski definition) is 3. The lowest BCUT2D eigenvalue weighted by atomic mass is 9.71. The molecule has 0 aromatic heterocycles. The van der Waals surface area contributed by atoms with Crippen LogP contribution in [0.15, 0.2) is 24.3 Å². The van der Waals surface area contributed by atoms with Gasteiger partial charge in [0.25, 0.3) is 0 Å². The lowest BCUT2D eigenvalue weighted by Gasteiger charge is -2.37. The highest BCUT2D eigenvalue weighted by atomic mass is 19.1. The van der Waals surface area contributed by atoms with Crippen LogP contribution in [0.25, 0.3) is 0 Å². The van der Waals surface area contributed by atoms with E-state index >= 15 is 0 Å². The fourth-order valence-corrected chi connectivity index (χ4v) is 3.91. The third kappa shape index (κ3) is 3.68. The van der Waals surface area contributed by atoms with Crippen molar-refractivity contribution < 1.29 is 18.7 Å². The minimum absolute atomic E-state index is 0.0861. The summed E-state index contributed by atoms with van der Waals surface area (Å²) in [7, 11) is 0. The molecular weight excluding hydrogens is 323 g/mol. The smallest absolute Gasteiger partial charge is 0.229 e. The van der Waals surface area contributed by atoms with Gasteiger partial charge in [-0.1, -0.05) is 13.8 Å². The van der Waals surface area contributed by atoms with E-state index in [1.165, 1.54) is 12.1 Å². The maximum Gasteiger partial charge on any atom is 0.229 e. The van der Waals surface area contributed by atoms with Crippen LogP contribution in [0, 0.1) is 23.1 Å². The number of amides is 2. The Labute approximate surface area is 147 Å². The van der Waals surface area contributed by atoms with Gasteiger partial charge in [-0.3, -0.25) is 9.59 Å². The van der Waals surface area contributed by atoms with Gasteiger partial charge in [-0.25, -0.2) is 4.39 Å². The zero-order chi connectivity index (χ0) is 18.0. The molecule has 3 rings (SSSR count). The van der Waals surface area contributed by atoms with E-state index in [1.54, 1.807) is 12.1 Å². The molecular formula is C19H25FN2O3. The largest absolute Gasteiger partial charge is 0.381 e. The van der Waals surface area contributed by atoms with Gasteiger partial charge in [0.2, 0.25) is 11.8 Å². The summed E-state index contributed by atoms with van der Waals surface area (Å²) >= 11 is 0. The molecule has 0 bridgehead atoms. The number of nitrogens with zero attached hydrogens (tertiary/aromatic N) is 1. The summed E-state index contributed by atoms with van der Waals surface area (Å²) < 4.78 is 18.5. The van der Waals surface area contributed by atoms with Gasteiger partial charge in [0.05, 0.1) is 5.92 Å². The van der Waals surface area contributed by atoms with Gasteiger partial charge >= 0.3 is 0 Å². The molecule has 2 fully saturated rings. The predicted molar refractivity (Wildman–Crippen MR) is 92.4 cm³/mol. The minimum Gasteiger partial charge on any atom is -0.381 e. The van der Waals surface area contributed by atoms with E-state index < -0.39 is 0 Å². The van der Waals surface area contributed by atoms with Crippen LogP contribution < -0.4 is 5.32 Å². The second-order valence-electron chi connectivity index (χ2n) is 7.40. The van der Waals surface area contributed by atoms with E-state index in [9.17, 15) is 14.0 Å². The van der Waals surface area contributed by atoms with Crippen LogP contribution in [0.3, 0.4) is 0 Å². The van der Waals surface area contributed by atoms with Crippen LogP contribution in [-0.2, 0) is 14.3 Å². The fourth-order valence-electron chi connectivity index (χ4n) is 3.91. The Kier molecular flexibility index (Phi) is 5.08. The van der Waals surface area contributed by atoms with Gasteiger partial charge in [-0.2, -0.15) is 0 Å². The minimum atomic E-state index is -0.339. The quantitative estimate of drug-likeness (QED) is 0.914. The Balaban J connectivity index is 1.79. The van der Waals surface area contributed by atoms with Crippen molar-refractivity contribution in [2.24, 2.45) is 17.3 Å². The zero-order valence-electron chi connectivity index (χ0n) is 14.8. The van der Waals surface area contributed by atoms with E-state index in [0.29, 0.717) is 32.0 Å². The van der Waals surface area contributed by atoms with Crippen molar-refractivity contribution in [2.45, 2.75) is 26.7 Å². The molecule has 2 saturated heterocycles. The molecule has 2 aliphatic rings. The molecule has 0 saturated carbocycles. The van der Waals surface area contributed by atoms with Crippen LogP contribution in [-0.4, -0.2) is 43.0 Å². The molecule has 0 aliphatic carbocycles. The molecule has 2 amide bonds. The van der Waals surface area contributed by atoms with Gasteiger partial charge in [0, 0.05) is 43.3 Å². The zero-order valence-corrected chi connectivity index (χ0v) is 14.8. The summed E-state index contributed by atoms with van der Waals surface area (Å²) in [5.41, 5.74) is 0.342. The molecule has 6 heteroatoms. The monoisotopic (exact) mass is 348 g/mol. The first-order valence-corrected chi connectivity index (χ1v) is 8.84. The molecule has 5 nitrogen and oxygen atoms in total. The van der Waals surface area contributed by atoms with Crippen LogP contribution in [0.4, 0.5) is 10.1 Å². The first-order chi connectivity index (χ1) is 11.9. The number of carbonyl (C=O) groups is 2. The lowest BCUT2D eigenvalue weighted by molar-refractivity contribution is -0.134. The van der Waals surface area contributed by atoms with Gasteiger partial charge < -0.3 is 15.0 Å². The second kappa shape index (κ2) is 7.12. The Morgan fingerprint density at radius 3 is 2.48 bits per heavy atom. The van der Waals surface area contributed by atoms with E-state index in [-0.39, 0.29) is 34.9 Å².